The molecular formula is C14H26N2O5S. The topological polar surface area (TPSA) is 87.2 Å². The van der Waals surface area contributed by atoms with Gasteiger partial charge in [-0.25, -0.2) is 4.79 Å². The largest absolute Gasteiger partial charge is 0.480 e. The minimum Gasteiger partial charge on any atom is -0.480 e. The van der Waals surface area contributed by atoms with Gasteiger partial charge in [0.25, 0.3) is 0 Å². The summed E-state index contributed by atoms with van der Waals surface area (Å²) in [6, 6.07) is -0.632. The average Bonchev–Trinajstić information content (AvgIpc) is 2.42. The standard InChI is InChI=1S/C14H26N2O5S/c1-5-8-21-14(20)16-7-6-15(10-12(17)18)9-11(16)13(19)22(2,3)4/h11H,5-10H2,1-4H3,(H,17,18). The molecule has 0 aromatic carbocycles. The Morgan fingerprint density at radius 2 is 1.86 bits per heavy atom. The van der Waals surface area contributed by atoms with Crippen LogP contribution < -0.4 is 0 Å². The number of rotatable bonds is 5. The Labute approximate surface area is 132 Å². The number of carboxylic acid groups (broad SMARTS) is 1. The fourth-order valence-electron chi connectivity index (χ4n) is 2.28. The summed E-state index contributed by atoms with van der Waals surface area (Å²) in [5.41, 5.74) is 0. The number of ether oxygens (including phenoxy) is 1. The SMILES string of the molecule is CCCOC(=O)N1CCN(CC(=O)O)CC1C(=O)S(C)(C)C. The predicted octanol–water partition coefficient (Wildman–Crippen LogP) is 0.824. The lowest BCUT2D eigenvalue weighted by Crippen LogP contribution is -2.59. The van der Waals surface area contributed by atoms with E-state index in [-0.39, 0.29) is 18.2 Å². The van der Waals surface area contributed by atoms with E-state index in [4.69, 9.17) is 9.84 Å². The molecule has 0 saturated carbocycles. The first kappa shape index (κ1) is 18.8. The Morgan fingerprint density at radius 1 is 1.23 bits per heavy atom. The molecule has 1 aliphatic heterocycles. The number of carbonyl (C=O) groups is 3. The zero-order chi connectivity index (χ0) is 16.9. The molecule has 1 rings (SSSR count). The van der Waals surface area contributed by atoms with Gasteiger partial charge in [0.1, 0.15) is 6.04 Å². The summed E-state index contributed by atoms with van der Waals surface area (Å²) in [4.78, 5) is 38.8. The summed E-state index contributed by atoms with van der Waals surface area (Å²) >= 11 is 0. The van der Waals surface area contributed by atoms with Gasteiger partial charge in [0, 0.05) is 19.6 Å². The second-order valence-corrected chi connectivity index (χ2v) is 10.2. The fourth-order valence-corrected chi connectivity index (χ4v) is 3.29. The number of carbonyl (C=O) groups excluding carboxylic acids is 2. The highest BCUT2D eigenvalue weighted by atomic mass is 32.3. The lowest BCUT2D eigenvalue weighted by Gasteiger charge is -2.42. The summed E-state index contributed by atoms with van der Waals surface area (Å²) in [6.45, 7) is 3.08. The summed E-state index contributed by atoms with van der Waals surface area (Å²) in [5, 5.41) is 8.91. The first-order valence-electron chi connectivity index (χ1n) is 7.26. The molecule has 1 heterocycles. The molecule has 1 N–H and O–H groups in total. The molecule has 0 aromatic heterocycles. The van der Waals surface area contributed by atoms with Gasteiger partial charge in [-0.15, -0.1) is 0 Å². The Morgan fingerprint density at radius 3 is 2.36 bits per heavy atom. The van der Waals surface area contributed by atoms with E-state index >= 15 is 0 Å². The van der Waals surface area contributed by atoms with E-state index in [1.165, 1.54) is 4.90 Å². The first-order valence-corrected chi connectivity index (χ1v) is 10.1. The number of amides is 1. The van der Waals surface area contributed by atoms with Crippen LogP contribution in [0.15, 0.2) is 0 Å². The molecule has 1 aliphatic rings. The van der Waals surface area contributed by atoms with Crippen LogP contribution in [0.3, 0.4) is 0 Å². The Hall–Kier alpha value is -1.28. The predicted molar refractivity (Wildman–Crippen MR) is 86.6 cm³/mol. The highest BCUT2D eigenvalue weighted by Crippen LogP contribution is 2.38. The Kier molecular flexibility index (Phi) is 6.67. The van der Waals surface area contributed by atoms with Crippen LogP contribution >= 0.6 is 10.0 Å². The van der Waals surface area contributed by atoms with Crippen molar-refractivity contribution in [2.45, 2.75) is 19.4 Å². The second-order valence-electron chi connectivity index (χ2n) is 6.11. The van der Waals surface area contributed by atoms with Gasteiger partial charge in [-0.05, 0) is 25.2 Å². The van der Waals surface area contributed by atoms with Gasteiger partial charge in [0.2, 0.25) is 0 Å². The van der Waals surface area contributed by atoms with Crippen molar-refractivity contribution in [2.75, 3.05) is 51.6 Å². The van der Waals surface area contributed by atoms with Crippen LogP contribution in [-0.2, 0) is 14.3 Å². The molecule has 0 bridgehead atoms. The van der Waals surface area contributed by atoms with E-state index in [1.807, 2.05) is 25.7 Å². The van der Waals surface area contributed by atoms with E-state index in [0.717, 1.165) is 0 Å². The maximum Gasteiger partial charge on any atom is 0.410 e. The maximum absolute atomic E-state index is 12.7. The van der Waals surface area contributed by atoms with Gasteiger partial charge in [-0.3, -0.25) is 19.4 Å². The smallest absolute Gasteiger partial charge is 0.410 e. The van der Waals surface area contributed by atoms with E-state index in [2.05, 4.69) is 0 Å². The van der Waals surface area contributed by atoms with Crippen molar-refractivity contribution in [1.29, 1.82) is 0 Å². The molecule has 0 spiro atoms. The number of carboxylic acids is 1. The van der Waals surface area contributed by atoms with Gasteiger partial charge in [-0.1, -0.05) is 6.92 Å². The van der Waals surface area contributed by atoms with Crippen molar-refractivity contribution in [3.8, 4) is 0 Å². The molecule has 1 atom stereocenters. The molecule has 0 aromatic rings. The van der Waals surface area contributed by atoms with Crippen LogP contribution in [-0.4, -0.2) is 89.7 Å². The van der Waals surface area contributed by atoms with Crippen molar-refractivity contribution >= 4 is 27.2 Å². The van der Waals surface area contributed by atoms with Crippen molar-refractivity contribution < 1.29 is 24.2 Å². The van der Waals surface area contributed by atoms with Crippen molar-refractivity contribution in [2.24, 2.45) is 0 Å². The van der Waals surface area contributed by atoms with Gasteiger partial charge in [0.05, 0.1) is 13.2 Å². The quantitative estimate of drug-likeness (QED) is 0.801. The summed E-state index contributed by atoms with van der Waals surface area (Å²) in [6.07, 6.45) is 5.86. The van der Waals surface area contributed by atoms with E-state index in [1.54, 1.807) is 4.90 Å². The van der Waals surface area contributed by atoms with E-state index in [9.17, 15) is 14.4 Å². The van der Waals surface area contributed by atoms with Crippen LogP contribution in [0, 0.1) is 0 Å². The summed E-state index contributed by atoms with van der Waals surface area (Å²) in [5.74, 6) is -0.934. The third kappa shape index (κ3) is 5.17. The zero-order valence-corrected chi connectivity index (χ0v) is 14.5. The van der Waals surface area contributed by atoms with Crippen molar-refractivity contribution in [3.63, 3.8) is 0 Å². The van der Waals surface area contributed by atoms with Gasteiger partial charge in [-0.2, -0.15) is 10.0 Å². The minimum atomic E-state index is -1.50. The lowest BCUT2D eigenvalue weighted by molar-refractivity contribution is -0.139. The Balaban J connectivity index is 2.88. The second kappa shape index (κ2) is 7.82. The minimum absolute atomic E-state index is 0.00367. The van der Waals surface area contributed by atoms with Crippen LogP contribution in [0.5, 0.6) is 0 Å². The first-order chi connectivity index (χ1) is 10.2. The van der Waals surface area contributed by atoms with Gasteiger partial charge >= 0.3 is 12.1 Å². The molecule has 0 aliphatic carbocycles. The molecule has 1 saturated heterocycles. The highest BCUT2D eigenvalue weighted by molar-refractivity contribution is 8.43. The molecule has 8 heteroatoms. The highest BCUT2D eigenvalue weighted by Gasteiger charge is 2.39. The number of aliphatic carboxylic acids is 1. The number of nitrogens with zero attached hydrogens (tertiary/aromatic N) is 2. The average molecular weight is 334 g/mol. The lowest BCUT2D eigenvalue weighted by atomic mass is 10.2. The summed E-state index contributed by atoms with van der Waals surface area (Å²) < 4.78 is 5.15. The van der Waals surface area contributed by atoms with Crippen LogP contribution in [0.1, 0.15) is 13.3 Å². The van der Waals surface area contributed by atoms with Crippen LogP contribution in [0.25, 0.3) is 0 Å². The maximum atomic E-state index is 12.7. The number of piperazine rings is 1. The number of hydrogen-bond acceptors (Lipinski definition) is 5. The number of hydrogen-bond donors (Lipinski definition) is 1. The van der Waals surface area contributed by atoms with Crippen molar-refractivity contribution in [3.05, 3.63) is 0 Å². The van der Waals surface area contributed by atoms with Crippen molar-refractivity contribution in [1.82, 2.24) is 9.80 Å². The molecular weight excluding hydrogens is 308 g/mol. The normalized spacial score (nSPS) is 20.5. The van der Waals surface area contributed by atoms with Gasteiger partial charge < -0.3 is 9.84 Å². The molecule has 7 nitrogen and oxygen atoms in total. The molecule has 1 amide bonds. The van der Waals surface area contributed by atoms with Crippen LogP contribution in [0.4, 0.5) is 4.79 Å². The van der Waals surface area contributed by atoms with E-state index < -0.39 is 28.1 Å². The van der Waals surface area contributed by atoms with Crippen LogP contribution in [0.2, 0.25) is 0 Å². The third-order valence-corrected chi connectivity index (χ3v) is 4.84. The van der Waals surface area contributed by atoms with Gasteiger partial charge in [0.15, 0.2) is 5.12 Å². The molecule has 1 unspecified atom stereocenters. The molecule has 0 radical (unpaired) electrons. The monoisotopic (exact) mass is 334 g/mol. The fraction of sp³-hybridized carbons (Fsp3) is 0.786. The molecule has 128 valence electrons. The molecule has 1 fully saturated rings. The zero-order valence-electron chi connectivity index (χ0n) is 13.7. The molecule has 22 heavy (non-hydrogen) atoms. The van der Waals surface area contributed by atoms with E-state index in [0.29, 0.717) is 26.1 Å². The third-order valence-electron chi connectivity index (χ3n) is 3.36. The Bertz CT molecular complexity index is 435. The summed E-state index contributed by atoms with van der Waals surface area (Å²) in [7, 11) is -1.50.